The van der Waals surface area contributed by atoms with Crippen LogP contribution in [0.1, 0.15) is 41.0 Å². The third-order valence-corrected chi connectivity index (χ3v) is 4.19. The molecule has 0 spiro atoms. The minimum Gasteiger partial charge on any atom is -0.312 e. The van der Waals surface area contributed by atoms with Crippen molar-refractivity contribution in [3.63, 3.8) is 0 Å². The van der Waals surface area contributed by atoms with Crippen molar-refractivity contribution >= 4 is 12.6 Å². The van der Waals surface area contributed by atoms with Gasteiger partial charge in [-0.25, -0.2) is 0 Å². The number of rotatable bonds is 1. The molecule has 1 aliphatic rings. The third kappa shape index (κ3) is 2.41. The Hall–Kier alpha value is 0.310. The van der Waals surface area contributed by atoms with Crippen molar-refractivity contribution in [1.29, 1.82) is 0 Å². The predicted molar refractivity (Wildman–Crippen MR) is 62.4 cm³/mol. The summed E-state index contributed by atoms with van der Waals surface area (Å²) in [5, 5.41) is 3.59. The molecule has 78 valence electrons. The molecular formula is C11H23NS. The Morgan fingerprint density at radius 2 is 1.92 bits per heavy atom. The zero-order valence-corrected chi connectivity index (χ0v) is 10.4. The van der Waals surface area contributed by atoms with E-state index in [1.54, 1.807) is 0 Å². The lowest BCUT2D eigenvalue weighted by molar-refractivity contribution is 0.287. The van der Waals surface area contributed by atoms with Gasteiger partial charge in [0.2, 0.25) is 0 Å². The van der Waals surface area contributed by atoms with E-state index in [-0.39, 0.29) is 4.75 Å². The zero-order chi connectivity index (χ0) is 10.3. The number of thiol groups is 1. The van der Waals surface area contributed by atoms with Gasteiger partial charge < -0.3 is 5.32 Å². The van der Waals surface area contributed by atoms with E-state index in [1.165, 1.54) is 6.42 Å². The maximum absolute atomic E-state index is 4.80. The van der Waals surface area contributed by atoms with Crippen LogP contribution in [-0.4, -0.2) is 17.3 Å². The van der Waals surface area contributed by atoms with Gasteiger partial charge in [0.1, 0.15) is 0 Å². The fourth-order valence-corrected chi connectivity index (χ4v) is 2.12. The standard InChI is InChI=1S/C11H23NS/c1-8(2)11(13)6-9(12-7-11)10(3,4)5/h8-9,12-13H,6-7H2,1-5H3. The largest absolute Gasteiger partial charge is 0.312 e. The molecule has 0 saturated carbocycles. The topological polar surface area (TPSA) is 12.0 Å². The molecule has 1 saturated heterocycles. The average molecular weight is 201 g/mol. The molecule has 0 bridgehead atoms. The van der Waals surface area contributed by atoms with Crippen molar-refractivity contribution < 1.29 is 0 Å². The molecule has 0 aromatic carbocycles. The average Bonchev–Trinajstić information content (AvgIpc) is 2.31. The van der Waals surface area contributed by atoms with Gasteiger partial charge in [-0.1, -0.05) is 34.6 Å². The summed E-state index contributed by atoms with van der Waals surface area (Å²) in [5.41, 5.74) is 0.360. The second-order valence-electron chi connectivity index (χ2n) is 5.76. The fraction of sp³-hybridized carbons (Fsp3) is 1.00. The molecule has 2 unspecified atom stereocenters. The summed E-state index contributed by atoms with van der Waals surface area (Å²) >= 11 is 4.80. The Balaban J connectivity index is 2.64. The maximum Gasteiger partial charge on any atom is 0.0292 e. The lowest BCUT2D eigenvalue weighted by Crippen LogP contribution is -2.34. The second kappa shape index (κ2) is 3.47. The number of hydrogen-bond acceptors (Lipinski definition) is 2. The first kappa shape index (κ1) is 11.4. The van der Waals surface area contributed by atoms with E-state index in [4.69, 9.17) is 12.6 Å². The van der Waals surface area contributed by atoms with Gasteiger partial charge in [-0.2, -0.15) is 12.6 Å². The highest BCUT2D eigenvalue weighted by atomic mass is 32.1. The molecule has 1 aliphatic heterocycles. The molecule has 0 amide bonds. The monoisotopic (exact) mass is 201 g/mol. The summed E-state index contributed by atoms with van der Waals surface area (Å²) in [7, 11) is 0. The van der Waals surface area contributed by atoms with Crippen LogP contribution in [0.2, 0.25) is 0 Å². The molecule has 1 heterocycles. The van der Waals surface area contributed by atoms with Crippen molar-refractivity contribution in [2.45, 2.75) is 51.8 Å². The molecule has 0 radical (unpaired) electrons. The molecule has 0 aromatic heterocycles. The predicted octanol–water partition coefficient (Wildman–Crippen LogP) is 2.72. The molecule has 0 aromatic rings. The Kier molecular flexibility index (Phi) is 3.04. The van der Waals surface area contributed by atoms with Crippen molar-refractivity contribution in [2.75, 3.05) is 6.54 Å². The van der Waals surface area contributed by atoms with Gasteiger partial charge >= 0.3 is 0 Å². The van der Waals surface area contributed by atoms with Gasteiger partial charge in [0.05, 0.1) is 0 Å². The van der Waals surface area contributed by atoms with Gasteiger partial charge in [-0.05, 0) is 17.8 Å². The van der Waals surface area contributed by atoms with Crippen molar-refractivity contribution in [3.05, 3.63) is 0 Å². The Morgan fingerprint density at radius 1 is 1.38 bits per heavy atom. The second-order valence-corrected chi connectivity index (χ2v) is 6.65. The van der Waals surface area contributed by atoms with Crippen LogP contribution in [-0.2, 0) is 0 Å². The van der Waals surface area contributed by atoms with Gasteiger partial charge in [-0.15, -0.1) is 0 Å². The SMILES string of the molecule is CC(C)C1(S)CNC(C(C)(C)C)C1. The Bertz CT molecular complexity index is 183. The normalized spacial score (nSPS) is 35.8. The summed E-state index contributed by atoms with van der Waals surface area (Å²) in [4.78, 5) is 0. The summed E-state index contributed by atoms with van der Waals surface area (Å²) in [5.74, 6) is 0.649. The first-order valence-corrected chi connectivity index (χ1v) is 5.66. The molecule has 1 fully saturated rings. The van der Waals surface area contributed by atoms with Gasteiger partial charge in [0.25, 0.3) is 0 Å². The highest BCUT2D eigenvalue weighted by Crippen LogP contribution is 2.39. The summed E-state index contributed by atoms with van der Waals surface area (Å²) in [6.07, 6.45) is 1.19. The lowest BCUT2D eigenvalue weighted by Gasteiger charge is -2.30. The van der Waals surface area contributed by atoms with Crippen molar-refractivity contribution in [3.8, 4) is 0 Å². The van der Waals surface area contributed by atoms with Crippen LogP contribution in [0, 0.1) is 11.3 Å². The first-order valence-electron chi connectivity index (χ1n) is 5.21. The molecule has 1 rings (SSSR count). The van der Waals surface area contributed by atoms with Crippen LogP contribution >= 0.6 is 12.6 Å². The van der Waals surface area contributed by atoms with E-state index >= 15 is 0 Å². The number of hydrogen-bond donors (Lipinski definition) is 2. The molecule has 0 aliphatic carbocycles. The molecular weight excluding hydrogens is 178 g/mol. The first-order chi connectivity index (χ1) is 5.76. The zero-order valence-electron chi connectivity index (χ0n) is 9.52. The van der Waals surface area contributed by atoms with Gasteiger partial charge in [0, 0.05) is 17.3 Å². The third-order valence-electron chi connectivity index (χ3n) is 3.33. The van der Waals surface area contributed by atoms with E-state index in [2.05, 4.69) is 39.9 Å². The van der Waals surface area contributed by atoms with Crippen molar-refractivity contribution in [2.24, 2.45) is 11.3 Å². The summed E-state index contributed by atoms with van der Waals surface area (Å²) in [6.45, 7) is 12.5. The quantitative estimate of drug-likeness (QED) is 0.622. The lowest BCUT2D eigenvalue weighted by atomic mass is 9.82. The molecule has 2 atom stereocenters. The maximum atomic E-state index is 4.80. The number of nitrogens with one attached hydrogen (secondary N) is 1. The van der Waals surface area contributed by atoms with Crippen molar-refractivity contribution in [1.82, 2.24) is 5.32 Å². The minimum absolute atomic E-state index is 0.206. The van der Waals surface area contributed by atoms with Crippen LogP contribution < -0.4 is 5.32 Å². The molecule has 13 heavy (non-hydrogen) atoms. The Labute approximate surface area is 88.1 Å². The fourth-order valence-electron chi connectivity index (χ4n) is 1.85. The molecule has 2 heteroatoms. The van der Waals surface area contributed by atoms with E-state index in [9.17, 15) is 0 Å². The summed E-state index contributed by atoms with van der Waals surface area (Å²) < 4.78 is 0.206. The highest BCUT2D eigenvalue weighted by molar-refractivity contribution is 7.81. The minimum atomic E-state index is 0.206. The Morgan fingerprint density at radius 3 is 2.15 bits per heavy atom. The van der Waals surface area contributed by atoms with E-state index in [1.807, 2.05) is 0 Å². The van der Waals surface area contributed by atoms with Gasteiger partial charge in [0.15, 0.2) is 0 Å². The smallest absolute Gasteiger partial charge is 0.0292 e. The molecule has 1 nitrogen and oxygen atoms in total. The van der Waals surface area contributed by atoms with Crippen LogP contribution in [0.3, 0.4) is 0 Å². The van der Waals surface area contributed by atoms with Crippen LogP contribution in [0.15, 0.2) is 0 Å². The molecule has 1 N–H and O–H groups in total. The van der Waals surface area contributed by atoms with Crippen LogP contribution in [0.25, 0.3) is 0 Å². The van der Waals surface area contributed by atoms with E-state index < -0.39 is 0 Å². The van der Waals surface area contributed by atoms with Gasteiger partial charge in [-0.3, -0.25) is 0 Å². The summed E-state index contributed by atoms with van der Waals surface area (Å²) in [6, 6.07) is 0.618. The van der Waals surface area contributed by atoms with Crippen LogP contribution in [0.4, 0.5) is 0 Å². The van der Waals surface area contributed by atoms with E-state index in [0.717, 1.165) is 6.54 Å². The van der Waals surface area contributed by atoms with E-state index in [0.29, 0.717) is 17.4 Å². The highest BCUT2D eigenvalue weighted by Gasteiger charge is 2.42. The van der Waals surface area contributed by atoms with Crippen LogP contribution in [0.5, 0.6) is 0 Å².